The fourth-order valence-corrected chi connectivity index (χ4v) is 5.36. The van der Waals surface area contributed by atoms with Crippen LogP contribution in [0.25, 0.3) is 28.1 Å². The summed E-state index contributed by atoms with van der Waals surface area (Å²) in [5.74, 6) is 0. The van der Waals surface area contributed by atoms with Crippen molar-refractivity contribution >= 4 is 0 Å². The zero-order valence-electron chi connectivity index (χ0n) is 22.8. The van der Waals surface area contributed by atoms with Crippen molar-refractivity contribution in [3.05, 3.63) is 126 Å². The molecule has 195 valence electrons. The van der Waals surface area contributed by atoms with E-state index in [0.717, 1.165) is 16.9 Å². The fraction of sp³-hybridized carbons (Fsp3) is 0.235. The number of aromatic nitrogens is 3. The van der Waals surface area contributed by atoms with Gasteiger partial charge in [0.15, 0.2) is 0 Å². The maximum atomic E-state index is 4.80. The van der Waals surface area contributed by atoms with Crippen molar-refractivity contribution in [1.82, 2.24) is 14.8 Å². The Morgan fingerprint density at radius 1 is 0.737 bits per heavy atom. The molecular formula is C34H33IrN3-2. The average Bonchev–Trinajstić information content (AvgIpc) is 3.35. The van der Waals surface area contributed by atoms with E-state index in [0.29, 0.717) is 0 Å². The second-order valence-corrected chi connectivity index (χ2v) is 10.8. The molecule has 0 saturated carbocycles. The number of hydrogen-bond donors (Lipinski definition) is 0. The minimum atomic E-state index is -0.0598. The van der Waals surface area contributed by atoms with E-state index in [4.69, 9.17) is 5.10 Å². The molecule has 38 heavy (non-hydrogen) atoms. The molecule has 0 N–H and O–H groups in total. The van der Waals surface area contributed by atoms with Crippen LogP contribution in [0.3, 0.4) is 0 Å². The van der Waals surface area contributed by atoms with Crippen molar-refractivity contribution in [2.45, 2.75) is 52.4 Å². The van der Waals surface area contributed by atoms with Crippen molar-refractivity contribution in [1.29, 1.82) is 0 Å². The van der Waals surface area contributed by atoms with E-state index >= 15 is 0 Å². The third kappa shape index (κ3) is 4.68. The zero-order valence-corrected chi connectivity index (χ0v) is 25.2. The standard InChI is InChI=1S/C23H25N2.C11H8N.Ir/c1-15-10-9-11-16(2)20(15)17-14-24-25-19-13-8-7-12-18(19)22(3,4)23(5,6)21(17)25;1-2-6-10(7-3-1)11-8-4-5-9-12-11;/h7-12,14H,1-6H3;1-6,8-9H;/q2*-1;. The summed E-state index contributed by atoms with van der Waals surface area (Å²) in [5.41, 5.74) is 10.8. The van der Waals surface area contributed by atoms with Crippen LogP contribution >= 0.6 is 0 Å². The third-order valence-corrected chi connectivity index (χ3v) is 8.04. The van der Waals surface area contributed by atoms with Crippen LogP contribution in [0.15, 0.2) is 91.3 Å². The van der Waals surface area contributed by atoms with E-state index in [1.165, 1.54) is 33.5 Å². The molecule has 1 aliphatic heterocycles. The molecule has 0 aliphatic carbocycles. The first kappa shape index (κ1) is 27.7. The minimum Gasteiger partial charge on any atom is -0.305 e. The second-order valence-electron chi connectivity index (χ2n) is 10.8. The third-order valence-electron chi connectivity index (χ3n) is 8.04. The van der Waals surface area contributed by atoms with E-state index in [1.54, 1.807) is 6.20 Å². The van der Waals surface area contributed by atoms with Gasteiger partial charge in [0.2, 0.25) is 0 Å². The Labute approximate surface area is 240 Å². The molecule has 0 unspecified atom stereocenters. The Bertz CT molecular complexity index is 1480. The Balaban J connectivity index is 0.000000218. The molecule has 3 nitrogen and oxygen atoms in total. The van der Waals surface area contributed by atoms with Gasteiger partial charge in [0.25, 0.3) is 0 Å². The van der Waals surface area contributed by atoms with Crippen LogP contribution in [0.5, 0.6) is 0 Å². The van der Waals surface area contributed by atoms with Crippen LogP contribution in [-0.2, 0) is 30.9 Å². The molecule has 5 aromatic rings. The summed E-state index contributed by atoms with van der Waals surface area (Å²) in [6.07, 6.45) is 3.83. The summed E-state index contributed by atoms with van der Waals surface area (Å²) >= 11 is 0. The number of rotatable bonds is 2. The van der Waals surface area contributed by atoms with Gasteiger partial charge in [-0.3, -0.25) is 4.68 Å². The first-order valence-corrected chi connectivity index (χ1v) is 12.8. The number of pyridine rings is 1. The predicted molar refractivity (Wildman–Crippen MR) is 152 cm³/mol. The molecule has 0 fully saturated rings. The molecule has 1 aliphatic rings. The van der Waals surface area contributed by atoms with Gasteiger partial charge in [-0.15, -0.1) is 41.5 Å². The number of para-hydroxylation sites is 1. The summed E-state index contributed by atoms with van der Waals surface area (Å²) in [7, 11) is 0. The predicted octanol–water partition coefficient (Wildman–Crippen LogP) is 8.07. The number of benzene rings is 3. The van der Waals surface area contributed by atoms with Gasteiger partial charge in [0, 0.05) is 37.3 Å². The SMILES string of the molecule is Cc1cccc(C)c1-c1cnn2c1C(C)(C)C(C)(C)c1ccc[c-]c1-2.[Ir].[c-]1ccccc1-c1ccccn1. The van der Waals surface area contributed by atoms with Gasteiger partial charge >= 0.3 is 0 Å². The molecule has 0 amide bonds. The number of fused-ring (bicyclic) bond motifs is 3. The first-order chi connectivity index (χ1) is 17.7. The van der Waals surface area contributed by atoms with Gasteiger partial charge < -0.3 is 4.98 Å². The van der Waals surface area contributed by atoms with Gasteiger partial charge in [0.1, 0.15) is 0 Å². The Morgan fingerprint density at radius 2 is 1.45 bits per heavy atom. The molecule has 0 bridgehead atoms. The molecule has 3 aromatic carbocycles. The van der Waals surface area contributed by atoms with Gasteiger partial charge in [0.05, 0.1) is 11.9 Å². The Morgan fingerprint density at radius 3 is 2.11 bits per heavy atom. The first-order valence-electron chi connectivity index (χ1n) is 12.8. The minimum absolute atomic E-state index is 0. The maximum absolute atomic E-state index is 4.80. The normalized spacial score (nSPS) is 14.3. The van der Waals surface area contributed by atoms with E-state index in [1.807, 2.05) is 54.7 Å². The van der Waals surface area contributed by atoms with Crippen LogP contribution in [0.2, 0.25) is 0 Å². The van der Waals surface area contributed by atoms with Crippen molar-refractivity contribution in [2.75, 3.05) is 0 Å². The Hall–Kier alpha value is -3.33. The largest absolute Gasteiger partial charge is 0.305 e. The Kier molecular flexibility index (Phi) is 7.88. The van der Waals surface area contributed by atoms with Crippen molar-refractivity contribution < 1.29 is 20.1 Å². The van der Waals surface area contributed by atoms with Crippen molar-refractivity contribution in [2.24, 2.45) is 0 Å². The van der Waals surface area contributed by atoms with Crippen LogP contribution < -0.4 is 0 Å². The second kappa shape index (κ2) is 10.8. The number of aryl methyl sites for hydroxylation is 2. The summed E-state index contributed by atoms with van der Waals surface area (Å²) in [5, 5.41) is 4.80. The van der Waals surface area contributed by atoms with E-state index < -0.39 is 0 Å². The molecular weight excluding hydrogens is 643 g/mol. The quantitative estimate of drug-likeness (QED) is 0.177. The maximum Gasteiger partial charge on any atom is 0.0575 e. The average molecular weight is 676 g/mol. The van der Waals surface area contributed by atoms with Crippen molar-refractivity contribution in [3.63, 3.8) is 0 Å². The van der Waals surface area contributed by atoms with Gasteiger partial charge in [-0.05, 0) is 53.4 Å². The smallest absolute Gasteiger partial charge is 0.0575 e. The van der Waals surface area contributed by atoms with Crippen molar-refractivity contribution in [3.8, 4) is 28.1 Å². The molecule has 0 saturated heterocycles. The number of hydrogen-bond acceptors (Lipinski definition) is 2. The molecule has 4 heteroatoms. The summed E-state index contributed by atoms with van der Waals surface area (Å²) < 4.78 is 2.11. The molecule has 1 radical (unpaired) electrons. The molecule has 6 rings (SSSR count). The molecule has 0 atom stereocenters. The van der Waals surface area contributed by atoms with Crippen LogP contribution in [0.1, 0.15) is 50.1 Å². The topological polar surface area (TPSA) is 30.7 Å². The fourth-order valence-electron chi connectivity index (χ4n) is 5.36. The van der Waals surface area contributed by atoms with Gasteiger partial charge in [-0.1, -0.05) is 58.0 Å². The molecule has 3 heterocycles. The number of nitrogens with zero attached hydrogens (tertiary/aromatic N) is 3. The van der Waals surface area contributed by atoms with E-state index in [9.17, 15) is 0 Å². The van der Waals surface area contributed by atoms with E-state index in [2.05, 4.69) is 93.7 Å². The molecule has 2 aromatic heterocycles. The van der Waals surface area contributed by atoms with Crippen LogP contribution in [0, 0.1) is 26.0 Å². The van der Waals surface area contributed by atoms with Crippen LogP contribution in [-0.4, -0.2) is 14.8 Å². The summed E-state index contributed by atoms with van der Waals surface area (Å²) in [4.78, 5) is 4.22. The van der Waals surface area contributed by atoms with Crippen LogP contribution in [0.4, 0.5) is 0 Å². The summed E-state index contributed by atoms with van der Waals surface area (Å²) in [6, 6.07) is 33.0. The van der Waals surface area contributed by atoms with Gasteiger partial charge in [-0.2, -0.15) is 29.4 Å². The van der Waals surface area contributed by atoms with E-state index in [-0.39, 0.29) is 30.9 Å². The van der Waals surface area contributed by atoms with Gasteiger partial charge in [-0.25, -0.2) is 0 Å². The monoisotopic (exact) mass is 676 g/mol. The summed E-state index contributed by atoms with van der Waals surface area (Å²) in [6.45, 7) is 13.7. The zero-order chi connectivity index (χ0) is 26.2. The molecule has 0 spiro atoms.